The highest BCUT2D eigenvalue weighted by Gasteiger charge is 2.23. The number of nitrogens with zero attached hydrogens (tertiary/aromatic N) is 2. The molecule has 0 radical (unpaired) electrons. The minimum Gasteiger partial charge on any atom is -0.339 e. The highest BCUT2D eigenvalue weighted by atomic mass is 16.2. The van der Waals surface area contributed by atoms with Crippen LogP contribution >= 0.6 is 0 Å². The van der Waals surface area contributed by atoms with Crippen LogP contribution in [-0.2, 0) is 4.79 Å². The molecule has 1 N–H and O–H groups in total. The second-order valence-corrected chi connectivity index (χ2v) is 7.13. The Labute approximate surface area is 165 Å². The molecule has 1 saturated heterocycles. The molecule has 0 unspecified atom stereocenters. The maximum atomic E-state index is 12.8. The van der Waals surface area contributed by atoms with Crippen LogP contribution < -0.4 is 5.32 Å². The fraction of sp³-hybridized carbons (Fsp3) is 0.318. The summed E-state index contributed by atoms with van der Waals surface area (Å²) in [6, 6.07) is 12.5. The number of rotatable bonds is 3. The van der Waals surface area contributed by atoms with Crippen LogP contribution in [0.3, 0.4) is 0 Å². The molecule has 0 spiro atoms. The number of anilines is 1. The van der Waals surface area contributed by atoms with E-state index in [1.54, 1.807) is 34.1 Å². The largest absolute Gasteiger partial charge is 0.339 e. The summed E-state index contributed by atoms with van der Waals surface area (Å²) in [6.07, 6.45) is 0. The lowest BCUT2D eigenvalue weighted by Gasteiger charge is -2.34. The highest BCUT2D eigenvalue weighted by Crippen LogP contribution is 2.16. The Morgan fingerprint density at radius 1 is 0.821 bits per heavy atom. The monoisotopic (exact) mass is 379 g/mol. The van der Waals surface area contributed by atoms with Crippen molar-refractivity contribution in [1.29, 1.82) is 0 Å². The predicted molar refractivity (Wildman–Crippen MR) is 108 cm³/mol. The standard InChI is InChI=1S/C22H25N3O3/c1-15-7-8-20(13-16(15)2)23-21(27)18-5-4-6-19(14-18)22(28)25-11-9-24(10-12-25)17(3)26/h4-8,13-14H,9-12H2,1-3H3,(H,23,27). The molecule has 1 aliphatic heterocycles. The molecule has 1 aliphatic rings. The van der Waals surface area contributed by atoms with Crippen LogP contribution in [0.15, 0.2) is 42.5 Å². The molecule has 0 aromatic heterocycles. The van der Waals surface area contributed by atoms with Gasteiger partial charge >= 0.3 is 0 Å². The SMILES string of the molecule is CC(=O)N1CCN(C(=O)c2cccc(C(=O)Nc3ccc(C)c(C)c3)c2)CC1. The second-order valence-electron chi connectivity index (χ2n) is 7.13. The van der Waals surface area contributed by atoms with Crippen molar-refractivity contribution >= 4 is 23.4 Å². The van der Waals surface area contributed by atoms with Gasteiger partial charge in [-0.3, -0.25) is 14.4 Å². The number of amides is 3. The van der Waals surface area contributed by atoms with Gasteiger partial charge in [0.1, 0.15) is 0 Å². The van der Waals surface area contributed by atoms with Crippen LogP contribution in [0.25, 0.3) is 0 Å². The van der Waals surface area contributed by atoms with Crippen LogP contribution in [0.5, 0.6) is 0 Å². The van der Waals surface area contributed by atoms with E-state index < -0.39 is 0 Å². The predicted octanol–water partition coefficient (Wildman–Crippen LogP) is 2.86. The summed E-state index contributed by atoms with van der Waals surface area (Å²) in [5.74, 6) is -0.347. The molecule has 6 heteroatoms. The molecule has 2 aromatic rings. The average molecular weight is 379 g/mol. The molecular weight excluding hydrogens is 354 g/mol. The van der Waals surface area contributed by atoms with Crippen LogP contribution in [0.1, 0.15) is 38.8 Å². The van der Waals surface area contributed by atoms with Gasteiger partial charge in [-0.2, -0.15) is 0 Å². The summed E-state index contributed by atoms with van der Waals surface area (Å²) in [7, 11) is 0. The first kappa shape index (κ1) is 19.6. The van der Waals surface area contributed by atoms with Crippen LogP contribution in [-0.4, -0.2) is 53.7 Å². The minimum atomic E-state index is -0.251. The average Bonchev–Trinajstić information content (AvgIpc) is 2.70. The molecule has 28 heavy (non-hydrogen) atoms. The molecule has 0 aliphatic carbocycles. The van der Waals surface area contributed by atoms with E-state index in [9.17, 15) is 14.4 Å². The van der Waals surface area contributed by atoms with E-state index in [0.717, 1.165) is 16.8 Å². The summed E-state index contributed by atoms with van der Waals surface area (Å²) >= 11 is 0. The van der Waals surface area contributed by atoms with Crippen molar-refractivity contribution in [3.63, 3.8) is 0 Å². The molecule has 1 heterocycles. The summed E-state index contributed by atoms with van der Waals surface area (Å²) in [6.45, 7) is 7.62. The maximum Gasteiger partial charge on any atom is 0.255 e. The van der Waals surface area contributed by atoms with Crippen molar-refractivity contribution < 1.29 is 14.4 Å². The quantitative estimate of drug-likeness (QED) is 0.892. The van der Waals surface area contributed by atoms with Gasteiger partial charge in [0.25, 0.3) is 11.8 Å². The minimum absolute atomic E-state index is 0.0251. The number of hydrogen-bond acceptors (Lipinski definition) is 3. The Kier molecular flexibility index (Phi) is 5.78. The zero-order valence-electron chi connectivity index (χ0n) is 16.5. The number of piperazine rings is 1. The van der Waals surface area contributed by atoms with Crippen molar-refractivity contribution in [3.05, 3.63) is 64.7 Å². The van der Waals surface area contributed by atoms with Gasteiger partial charge in [-0.1, -0.05) is 12.1 Å². The van der Waals surface area contributed by atoms with Gasteiger partial charge in [0.05, 0.1) is 0 Å². The van der Waals surface area contributed by atoms with Gasteiger partial charge < -0.3 is 15.1 Å². The second kappa shape index (κ2) is 8.25. The van der Waals surface area contributed by atoms with E-state index in [1.807, 2.05) is 32.0 Å². The zero-order chi connectivity index (χ0) is 20.3. The van der Waals surface area contributed by atoms with E-state index in [1.165, 1.54) is 6.92 Å². The zero-order valence-corrected chi connectivity index (χ0v) is 16.5. The van der Waals surface area contributed by atoms with Gasteiger partial charge in [-0.25, -0.2) is 0 Å². The lowest BCUT2D eigenvalue weighted by atomic mass is 10.1. The Balaban J connectivity index is 1.69. The molecule has 0 atom stereocenters. The molecule has 6 nitrogen and oxygen atoms in total. The van der Waals surface area contributed by atoms with Crippen molar-refractivity contribution in [2.24, 2.45) is 0 Å². The molecule has 2 aromatic carbocycles. The first-order chi connectivity index (χ1) is 13.3. The summed E-state index contributed by atoms with van der Waals surface area (Å²) < 4.78 is 0. The number of hydrogen-bond donors (Lipinski definition) is 1. The number of benzene rings is 2. The van der Waals surface area contributed by atoms with Gasteiger partial charge in [-0.05, 0) is 55.3 Å². The maximum absolute atomic E-state index is 12.8. The van der Waals surface area contributed by atoms with Gasteiger partial charge in [0.2, 0.25) is 5.91 Å². The normalized spacial score (nSPS) is 14.0. The Morgan fingerprint density at radius 2 is 1.46 bits per heavy atom. The van der Waals surface area contributed by atoms with Gasteiger partial charge in [0, 0.05) is 49.9 Å². The molecule has 3 rings (SSSR count). The van der Waals surface area contributed by atoms with Gasteiger partial charge in [-0.15, -0.1) is 0 Å². The topological polar surface area (TPSA) is 69.7 Å². The lowest BCUT2D eigenvalue weighted by Crippen LogP contribution is -2.50. The summed E-state index contributed by atoms with van der Waals surface area (Å²) in [5.41, 5.74) is 3.91. The van der Waals surface area contributed by atoms with E-state index >= 15 is 0 Å². The fourth-order valence-electron chi connectivity index (χ4n) is 3.22. The first-order valence-corrected chi connectivity index (χ1v) is 9.38. The van der Waals surface area contributed by atoms with E-state index in [4.69, 9.17) is 0 Å². The van der Waals surface area contributed by atoms with Crippen molar-refractivity contribution in [3.8, 4) is 0 Å². The third kappa shape index (κ3) is 4.39. The summed E-state index contributed by atoms with van der Waals surface area (Å²) in [5, 5.41) is 2.88. The molecule has 146 valence electrons. The van der Waals surface area contributed by atoms with Crippen molar-refractivity contribution in [2.45, 2.75) is 20.8 Å². The number of aryl methyl sites for hydroxylation is 2. The molecular formula is C22H25N3O3. The van der Waals surface area contributed by atoms with Crippen LogP contribution in [0, 0.1) is 13.8 Å². The Bertz CT molecular complexity index is 915. The number of carbonyl (C=O) groups is 3. The van der Waals surface area contributed by atoms with E-state index in [2.05, 4.69) is 5.32 Å². The van der Waals surface area contributed by atoms with Gasteiger partial charge in [0.15, 0.2) is 0 Å². The third-order valence-electron chi connectivity index (χ3n) is 5.15. The molecule has 0 bridgehead atoms. The highest BCUT2D eigenvalue weighted by molar-refractivity contribution is 6.06. The number of carbonyl (C=O) groups excluding carboxylic acids is 3. The Hall–Kier alpha value is -3.15. The third-order valence-corrected chi connectivity index (χ3v) is 5.15. The van der Waals surface area contributed by atoms with Crippen LogP contribution in [0.2, 0.25) is 0 Å². The molecule has 0 saturated carbocycles. The van der Waals surface area contributed by atoms with Crippen molar-refractivity contribution in [2.75, 3.05) is 31.5 Å². The fourth-order valence-corrected chi connectivity index (χ4v) is 3.22. The van der Waals surface area contributed by atoms with Crippen LogP contribution in [0.4, 0.5) is 5.69 Å². The Morgan fingerprint density at radius 3 is 2.11 bits per heavy atom. The smallest absolute Gasteiger partial charge is 0.255 e. The van der Waals surface area contributed by atoms with E-state index in [-0.39, 0.29) is 17.7 Å². The van der Waals surface area contributed by atoms with E-state index in [0.29, 0.717) is 37.3 Å². The summed E-state index contributed by atoms with van der Waals surface area (Å²) in [4.78, 5) is 40.3. The first-order valence-electron chi connectivity index (χ1n) is 9.38. The van der Waals surface area contributed by atoms with Crippen molar-refractivity contribution in [1.82, 2.24) is 9.80 Å². The number of nitrogens with one attached hydrogen (secondary N) is 1. The lowest BCUT2D eigenvalue weighted by molar-refractivity contribution is -0.130. The molecule has 3 amide bonds. The molecule has 1 fully saturated rings.